The maximum Gasteiger partial charge on any atom is 0.292 e. The molecule has 0 saturated carbocycles. The van der Waals surface area contributed by atoms with Crippen LogP contribution >= 0.6 is 0 Å². The first-order valence-corrected chi connectivity index (χ1v) is 5.66. The molecule has 7 nitrogen and oxygen atoms in total. The third-order valence-electron chi connectivity index (χ3n) is 2.21. The van der Waals surface area contributed by atoms with Crippen LogP contribution in [0, 0.1) is 21.4 Å². The van der Waals surface area contributed by atoms with E-state index in [-0.39, 0.29) is 35.4 Å². The molecule has 0 atom stereocenters. The first kappa shape index (κ1) is 14.4. The van der Waals surface area contributed by atoms with Crippen molar-refractivity contribution in [3.05, 3.63) is 33.9 Å². The summed E-state index contributed by atoms with van der Waals surface area (Å²) in [7, 11) is 0. The summed E-state index contributed by atoms with van der Waals surface area (Å²) in [4.78, 5) is 21.7. The Hall–Kier alpha value is -2.62. The number of nitriles is 1. The number of nitrogens with one attached hydrogen (secondary N) is 2. The summed E-state index contributed by atoms with van der Waals surface area (Å²) >= 11 is 0. The molecular weight excluding hydrogens is 248 g/mol. The number of carbonyl (C=O) groups excluding carboxylic acids is 1. The molecule has 0 unspecified atom stereocenters. The predicted molar refractivity (Wildman–Crippen MR) is 69.6 cm³/mol. The molecule has 0 spiro atoms. The van der Waals surface area contributed by atoms with Gasteiger partial charge in [0.25, 0.3) is 5.69 Å². The zero-order valence-corrected chi connectivity index (χ0v) is 10.6. The summed E-state index contributed by atoms with van der Waals surface area (Å²) in [6, 6.07) is 5.83. The lowest BCUT2D eigenvalue weighted by Gasteiger charge is -2.10. The second kappa shape index (κ2) is 6.35. The highest BCUT2D eigenvalue weighted by molar-refractivity contribution is 5.82. The molecule has 7 heteroatoms. The Kier molecular flexibility index (Phi) is 4.83. The van der Waals surface area contributed by atoms with Gasteiger partial charge >= 0.3 is 0 Å². The highest BCUT2D eigenvalue weighted by Gasteiger charge is 2.15. The topological polar surface area (TPSA) is 108 Å². The van der Waals surface area contributed by atoms with Crippen molar-refractivity contribution >= 4 is 17.3 Å². The molecule has 0 aromatic heterocycles. The molecule has 1 aromatic rings. The lowest BCUT2D eigenvalue weighted by Crippen LogP contribution is -2.34. The fourth-order valence-corrected chi connectivity index (χ4v) is 1.45. The van der Waals surface area contributed by atoms with Crippen LogP contribution in [0.3, 0.4) is 0 Å². The maximum atomic E-state index is 11.5. The Labute approximate surface area is 110 Å². The van der Waals surface area contributed by atoms with Gasteiger partial charge in [0, 0.05) is 12.1 Å². The molecule has 0 radical (unpaired) electrons. The molecule has 1 rings (SSSR count). The van der Waals surface area contributed by atoms with Gasteiger partial charge in [0.1, 0.15) is 5.69 Å². The van der Waals surface area contributed by atoms with Gasteiger partial charge < -0.3 is 10.6 Å². The van der Waals surface area contributed by atoms with Gasteiger partial charge in [-0.05, 0) is 26.0 Å². The standard InChI is InChI=1S/C12H14N4O3/c1-8(2)15-12(17)7-14-10-5-9(6-13)3-4-11(10)16(18)19/h3-5,8,14H,7H2,1-2H3,(H,15,17). The minimum Gasteiger partial charge on any atom is -0.371 e. The fourth-order valence-electron chi connectivity index (χ4n) is 1.45. The number of nitrogens with zero attached hydrogens (tertiary/aromatic N) is 2. The number of carbonyl (C=O) groups is 1. The van der Waals surface area contributed by atoms with E-state index in [1.807, 2.05) is 19.9 Å². The molecule has 0 saturated heterocycles. The van der Waals surface area contributed by atoms with E-state index >= 15 is 0 Å². The molecule has 19 heavy (non-hydrogen) atoms. The smallest absolute Gasteiger partial charge is 0.292 e. The molecule has 0 aliphatic heterocycles. The summed E-state index contributed by atoms with van der Waals surface area (Å²) in [6.07, 6.45) is 0. The fraction of sp³-hybridized carbons (Fsp3) is 0.333. The van der Waals surface area contributed by atoms with Gasteiger partial charge in [0.15, 0.2) is 0 Å². The van der Waals surface area contributed by atoms with E-state index in [0.717, 1.165) is 0 Å². The van der Waals surface area contributed by atoms with Crippen molar-refractivity contribution in [1.29, 1.82) is 5.26 Å². The van der Waals surface area contributed by atoms with Crippen molar-refractivity contribution in [1.82, 2.24) is 5.32 Å². The zero-order valence-electron chi connectivity index (χ0n) is 10.6. The third kappa shape index (κ3) is 4.27. The number of rotatable bonds is 5. The van der Waals surface area contributed by atoms with Gasteiger partial charge in [0.05, 0.1) is 23.1 Å². The average molecular weight is 262 g/mol. The Morgan fingerprint density at radius 1 is 1.53 bits per heavy atom. The number of anilines is 1. The van der Waals surface area contributed by atoms with Crippen LogP contribution in [-0.2, 0) is 4.79 Å². The highest BCUT2D eigenvalue weighted by Crippen LogP contribution is 2.24. The van der Waals surface area contributed by atoms with E-state index in [1.54, 1.807) is 0 Å². The Morgan fingerprint density at radius 2 is 2.21 bits per heavy atom. The molecule has 0 aliphatic rings. The van der Waals surface area contributed by atoms with Crippen molar-refractivity contribution in [2.75, 3.05) is 11.9 Å². The molecule has 2 N–H and O–H groups in total. The van der Waals surface area contributed by atoms with Crippen LogP contribution in [-0.4, -0.2) is 23.4 Å². The highest BCUT2D eigenvalue weighted by atomic mass is 16.6. The van der Waals surface area contributed by atoms with Crippen molar-refractivity contribution < 1.29 is 9.72 Å². The van der Waals surface area contributed by atoms with E-state index in [2.05, 4.69) is 10.6 Å². The number of amides is 1. The SMILES string of the molecule is CC(C)NC(=O)CNc1cc(C#N)ccc1[N+](=O)[O-]. The van der Waals surface area contributed by atoms with Gasteiger partial charge in [-0.25, -0.2) is 0 Å². The molecule has 1 aromatic carbocycles. The largest absolute Gasteiger partial charge is 0.371 e. The summed E-state index contributed by atoms with van der Waals surface area (Å²) < 4.78 is 0. The summed E-state index contributed by atoms with van der Waals surface area (Å²) in [6.45, 7) is 3.54. The number of hydrogen-bond donors (Lipinski definition) is 2. The van der Waals surface area contributed by atoms with Gasteiger partial charge in [-0.15, -0.1) is 0 Å². The number of nitro benzene ring substituents is 1. The first-order chi connectivity index (χ1) is 8.93. The van der Waals surface area contributed by atoms with Crippen LogP contribution in [0.4, 0.5) is 11.4 Å². The van der Waals surface area contributed by atoms with Crippen LogP contribution < -0.4 is 10.6 Å². The van der Waals surface area contributed by atoms with E-state index in [4.69, 9.17) is 5.26 Å². The molecule has 0 heterocycles. The molecule has 0 fully saturated rings. The van der Waals surface area contributed by atoms with E-state index in [1.165, 1.54) is 18.2 Å². The van der Waals surface area contributed by atoms with E-state index < -0.39 is 4.92 Å². The van der Waals surface area contributed by atoms with Crippen LogP contribution in [0.15, 0.2) is 18.2 Å². The molecule has 100 valence electrons. The van der Waals surface area contributed by atoms with Crippen LogP contribution in [0.25, 0.3) is 0 Å². The Morgan fingerprint density at radius 3 is 2.74 bits per heavy atom. The maximum absolute atomic E-state index is 11.5. The van der Waals surface area contributed by atoms with Crippen molar-refractivity contribution in [2.45, 2.75) is 19.9 Å². The van der Waals surface area contributed by atoms with Crippen molar-refractivity contribution in [3.8, 4) is 6.07 Å². The monoisotopic (exact) mass is 262 g/mol. The number of benzene rings is 1. The summed E-state index contributed by atoms with van der Waals surface area (Å²) in [5.41, 5.74) is 0.275. The van der Waals surface area contributed by atoms with Gasteiger partial charge in [0.2, 0.25) is 5.91 Å². The van der Waals surface area contributed by atoms with E-state index in [9.17, 15) is 14.9 Å². The van der Waals surface area contributed by atoms with Crippen molar-refractivity contribution in [3.63, 3.8) is 0 Å². The van der Waals surface area contributed by atoms with Gasteiger partial charge in [-0.2, -0.15) is 5.26 Å². The van der Waals surface area contributed by atoms with E-state index in [0.29, 0.717) is 0 Å². The van der Waals surface area contributed by atoms with Crippen LogP contribution in [0.5, 0.6) is 0 Å². The third-order valence-corrected chi connectivity index (χ3v) is 2.21. The first-order valence-electron chi connectivity index (χ1n) is 5.66. The lowest BCUT2D eigenvalue weighted by molar-refractivity contribution is -0.384. The molecule has 1 amide bonds. The van der Waals surface area contributed by atoms with Gasteiger partial charge in [-0.3, -0.25) is 14.9 Å². The van der Waals surface area contributed by atoms with Crippen molar-refractivity contribution in [2.24, 2.45) is 0 Å². The molecular formula is C12H14N4O3. The number of nitro groups is 1. The molecule has 0 bridgehead atoms. The summed E-state index contributed by atoms with van der Waals surface area (Å²) in [5, 5.41) is 24.9. The Bertz CT molecular complexity index is 534. The normalized spacial score (nSPS) is 9.79. The van der Waals surface area contributed by atoms with Crippen LogP contribution in [0.1, 0.15) is 19.4 Å². The number of hydrogen-bond acceptors (Lipinski definition) is 5. The quantitative estimate of drug-likeness (QED) is 0.616. The van der Waals surface area contributed by atoms with Gasteiger partial charge in [-0.1, -0.05) is 0 Å². The van der Waals surface area contributed by atoms with Crippen LogP contribution in [0.2, 0.25) is 0 Å². The predicted octanol–water partition coefficient (Wildman–Crippen LogP) is 1.40. The summed E-state index contributed by atoms with van der Waals surface area (Å²) in [5.74, 6) is -0.272. The Balaban J connectivity index is 2.84. The minimum atomic E-state index is -0.566. The second-order valence-electron chi connectivity index (χ2n) is 4.18. The average Bonchev–Trinajstić information content (AvgIpc) is 2.34. The minimum absolute atomic E-state index is 0.00488. The second-order valence-corrected chi connectivity index (χ2v) is 4.18. The lowest BCUT2D eigenvalue weighted by atomic mass is 10.2. The zero-order chi connectivity index (χ0) is 14.4. The molecule has 0 aliphatic carbocycles.